The van der Waals surface area contributed by atoms with E-state index in [4.69, 9.17) is 14.4 Å². The van der Waals surface area contributed by atoms with Crippen molar-refractivity contribution in [2.24, 2.45) is 0 Å². The molecule has 0 radical (unpaired) electrons. The van der Waals surface area contributed by atoms with Gasteiger partial charge in [-0.2, -0.15) is 0 Å². The Hall–Kier alpha value is -6.34. The number of furan rings is 1. The third-order valence-corrected chi connectivity index (χ3v) is 10.9. The fourth-order valence-electron chi connectivity index (χ4n) is 8.53. The standard InChI is InChI=1S/C44H34N6O/c1-3-10-29(11-4-1)36-19-21-38-42-34(15-8-24-47(36)38)45-27-49(42)31-18-23-41-33(26-31)32-14-7-17-40(44(32)51-41)50-28-46-35-16-9-25-48-37(20-22-39(48)43(35)50)30-12-5-2-6-13-30/h1-7,10-14,17-23,26-28H,8-9,15-16,24-25H2. The molecule has 0 bridgehead atoms. The molecule has 7 heteroatoms. The van der Waals surface area contributed by atoms with Crippen LogP contribution in [0.15, 0.2) is 138 Å². The van der Waals surface area contributed by atoms with Gasteiger partial charge >= 0.3 is 0 Å². The van der Waals surface area contributed by atoms with E-state index in [2.05, 4.69) is 140 Å². The Bertz CT molecular complexity index is 2750. The predicted octanol–water partition coefficient (Wildman–Crippen LogP) is 10.1. The summed E-state index contributed by atoms with van der Waals surface area (Å²) in [6.45, 7) is 1.92. The highest BCUT2D eigenvalue weighted by Gasteiger charge is 2.26. The first-order valence-electron chi connectivity index (χ1n) is 17.9. The molecule has 2 aliphatic heterocycles. The van der Waals surface area contributed by atoms with E-state index in [9.17, 15) is 0 Å². The van der Waals surface area contributed by atoms with E-state index in [1.54, 1.807) is 0 Å². The minimum absolute atomic E-state index is 0.862. The lowest BCUT2D eigenvalue weighted by Crippen LogP contribution is -2.03. The van der Waals surface area contributed by atoms with Crippen LogP contribution in [0.1, 0.15) is 24.2 Å². The molecule has 0 spiro atoms. The summed E-state index contributed by atoms with van der Waals surface area (Å²) >= 11 is 0. The van der Waals surface area contributed by atoms with Gasteiger partial charge in [-0.05, 0) is 85.3 Å². The zero-order valence-corrected chi connectivity index (χ0v) is 28.0. The van der Waals surface area contributed by atoms with Crippen LogP contribution >= 0.6 is 0 Å². The van der Waals surface area contributed by atoms with Crippen molar-refractivity contribution >= 4 is 21.9 Å². The average Bonchev–Trinajstić information content (AvgIpc) is 4.00. The lowest BCUT2D eigenvalue weighted by Gasteiger charge is -2.14. The van der Waals surface area contributed by atoms with Gasteiger partial charge in [-0.3, -0.25) is 9.13 Å². The van der Waals surface area contributed by atoms with Crippen LogP contribution in [0, 0.1) is 0 Å². The summed E-state index contributed by atoms with van der Waals surface area (Å²) < 4.78 is 16.1. The van der Waals surface area contributed by atoms with Gasteiger partial charge < -0.3 is 13.6 Å². The highest BCUT2D eigenvalue weighted by molar-refractivity contribution is 6.08. The Morgan fingerprint density at radius 1 is 0.510 bits per heavy atom. The molecule has 0 saturated carbocycles. The molecule has 4 aromatic carbocycles. The van der Waals surface area contributed by atoms with Gasteiger partial charge in [0, 0.05) is 40.9 Å². The van der Waals surface area contributed by atoms with Crippen molar-refractivity contribution in [3.05, 3.63) is 145 Å². The van der Waals surface area contributed by atoms with E-state index in [1.165, 1.54) is 39.6 Å². The fourth-order valence-corrected chi connectivity index (χ4v) is 8.53. The monoisotopic (exact) mass is 662 g/mol. The Labute approximate surface area is 294 Å². The van der Waals surface area contributed by atoms with Crippen molar-refractivity contribution in [3.8, 4) is 56.7 Å². The largest absolute Gasteiger partial charge is 0.454 e. The van der Waals surface area contributed by atoms with Gasteiger partial charge in [-0.15, -0.1) is 0 Å². The second-order valence-electron chi connectivity index (χ2n) is 13.7. The maximum absolute atomic E-state index is 6.72. The number of aryl methyl sites for hydroxylation is 2. The van der Waals surface area contributed by atoms with E-state index < -0.39 is 0 Å². The molecule has 7 nitrogen and oxygen atoms in total. The van der Waals surface area contributed by atoms with Gasteiger partial charge in [-0.25, -0.2) is 9.97 Å². The number of nitrogens with zero attached hydrogens (tertiary/aromatic N) is 6. The third kappa shape index (κ3) is 4.31. The lowest BCUT2D eigenvalue weighted by atomic mass is 10.1. The first-order valence-corrected chi connectivity index (χ1v) is 17.9. The molecule has 246 valence electrons. The average molecular weight is 663 g/mol. The molecule has 0 unspecified atom stereocenters. The molecule has 11 rings (SSSR count). The SMILES string of the molecule is c1ccc(-c2ccc3n2CCCc2ncn(-c4ccc5oc6c(-n7cnc8c7-c7ccc(-c9ccccc9)n7CCC8)cccc6c5c4)c2-3)cc1. The van der Waals surface area contributed by atoms with E-state index >= 15 is 0 Å². The topological polar surface area (TPSA) is 58.6 Å². The summed E-state index contributed by atoms with van der Waals surface area (Å²) in [6, 6.07) is 43.4. The Balaban J connectivity index is 1.04. The van der Waals surface area contributed by atoms with Crippen LogP contribution in [0.3, 0.4) is 0 Å². The molecule has 0 aliphatic carbocycles. The van der Waals surface area contributed by atoms with Gasteiger partial charge in [0.2, 0.25) is 0 Å². The van der Waals surface area contributed by atoms with Crippen molar-refractivity contribution in [2.45, 2.75) is 38.8 Å². The Morgan fingerprint density at radius 3 is 1.75 bits per heavy atom. The summed E-state index contributed by atoms with van der Waals surface area (Å²) in [5, 5.41) is 2.17. The molecule has 9 aromatic rings. The van der Waals surface area contributed by atoms with Crippen LogP contribution in [-0.4, -0.2) is 28.2 Å². The third-order valence-electron chi connectivity index (χ3n) is 10.9. The van der Waals surface area contributed by atoms with Crippen molar-refractivity contribution in [2.75, 3.05) is 0 Å². The highest BCUT2D eigenvalue weighted by Crippen LogP contribution is 2.40. The summed E-state index contributed by atoms with van der Waals surface area (Å²) in [5.74, 6) is 0. The zero-order valence-electron chi connectivity index (χ0n) is 28.0. The van der Waals surface area contributed by atoms with Gasteiger partial charge in [0.05, 0.1) is 39.9 Å². The number of imidazole rings is 2. The summed E-state index contributed by atoms with van der Waals surface area (Å²) in [4.78, 5) is 9.92. The number of benzene rings is 4. The molecular formula is C44H34N6O. The summed E-state index contributed by atoms with van der Waals surface area (Å²) in [5.41, 5.74) is 15.7. The predicted molar refractivity (Wildman–Crippen MR) is 202 cm³/mol. The number of aromatic nitrogens is 6. The molecule has 0 N–H and O–H groups in total. The van der Waals surface area contributed by atoms with Crippen LogP contribution in [-0.2, 0) is 25.9 Å². The maximum Gasteiger partial charge on any atom is 0.159 e. The van der Waals surface area contributed by atoms with Crippen LogP contribution in [0.5, 0.6) is 0 Å². The van der Waals surface area contributed by atoms with Crippen molar-refractivity contribution in [3.63, 3.8) is 0 Å². The zero-order chi connectivity index (χ0) is 33.5. The number of hydrogen-bond donors (Lipinski definition) is 0. The first kappa shape index (κ1) is 28.5. The molecule has 7 heterocycles. The summed E-state index contributed by atoms with van der Waals surface area (Å²) in [7, 11) is 0. The van der Waals surface area contributed by atoms with E-state index in [0.717, 1.165) is 89.2 Å². The van der Waals surface area contributed by atoms with Crippen LogP contribution in [0.4, 0.5) is 0 Å². The summed E-state index contributed by atoms with van der Waals surface area (Å²) in [6.07, 6.45) is 7.94. The molecule has 0 fully saturated rings. The number of para-hydroxylation sites is 1. The van der Waals surface area contributed by atoms with Crippen molar-refractivity contribution in [1.29, 1.82) is 0 Å². The number of hydrogen-bond acceptors (Lipinski definition) is 3. The number of rotatable bonds is 4. The smallest absolute Gasteiger partial charge is 0.159 e. The minimum Gasteiger partial charge on any atom is -0.454 e. The number of fused-ring (bicyclic) bond motifs is 9. The Kier molecular flexibility index (Phi) is 6.19. The van der Waals surface area contributed by atoms with E-state index in [1.807, 2.05) is 12.7 Å². The molecular weight excluding hydrogens is 629 g/mol. The van der Waals surface area contributed by atoms with E-state index in [-0.39, 0.29) is 0 Å². The molecule has 0 amide bonds. The molecule has 5 aromatic heterocycles. The normalized spacial score (nSPS) is 13.8. The second-order valence-corrected chi connectivity index (χ2v) is 13.7. The molecule has 2 aliphatic rings. The van der Waals surface area contributed by atoms with Gasteiger partial charge in [0.25, 0.3) is 0 Å². The van der Waals surface area contributed by atoms with Crippen LogP contribution in [0.2, 0.25) is 0 Å². The molecule has 51 heavy (non-hydrogen) atoms. The lowest BCUT2D eigenvalue weighted by molar-refractivity contribution is 0.661. The van der Waals surface area contributed by atoms with Crippen molar-refractivity contribution < 1.29 is 4.42 Å². The van der Waals surface area contributed by atoms with Gasteiger partial charge in [0.15, 0.2) is 5.58 Å². The second kappa shape index (κ2) is 11.1. The van der Waals surface area contributed by atoms with Crippen molar-refractivity contribution in [1.82, 2.24) is 28.2 Å². The van der Waals surface area contributed by atoms with Gasteiger partial charge in [-0.1, -0.05) is 72.8 Å². The van der Waals surface area contributed by atoms with E-state index in [0.29, 0.717) is 0 Å². The molecule has 0 saturated heterocycles. The highest BCUT2D eigenvalue weighted by atomic mass is 16.3. The first-order chi connectivity index (χ1) is 25.3. The minimum atomic E-state index is 0.862. The van der Waals surface area contributed by atoms with Crippen LogP contribution in [0.25, 0.3) is 78.6 Å². The fraction of sp³-hybridized carbons (Fsp3) is 0.136. The Morgan fingerprint density at radius 2 is 1.10 bits per heavy atom. The maximum atomic E-state index is 6.72. The van der Waals surface area contributed by atoms with Gasteiger partial charge in [0.1, 0.15) is 18.2 Å². The van der Waals surface area contributed by atoms with Crippen LogP contribution < -0.4 is 0 Å². The molecule has 0 atom stereocenters. The quantitative estimate of drug-likeness (QED) is 0.188.